The average molecular weight is 302 g/mol. The van der Waals surface area contributed by atoms with Gasteiger partial charge in [-0.3, -0.25) is 4.79 Å². The molecule has 112 valence electrons. The number of alkyl halides is 6. The third-order valence-corrected chi connectivity index (χ3v) is 2.72. The Balaban J connectivity index is 3.30. The van der Waals surface area contributed by atoms with Crippen LogP contribution in [0.25, 0.3) is 0 Å². The minimum atomic E-state index is -5.63. The zero-order valence-electron chi connectivity index (χ0n) is 9.80. The van der Waals surface area contributed by atoms with E-state index in [1.807, 2.05) is 0 Å². The number of halogens is 7. The van der Waals surface area contributed by atoms with Gasteiger partial charge in [0.05, 0.1) is 0 Å². The Hall–Kier alpha value is -1.60. The summed E-state index contributed by atoms with van der Waals surface area (Å²) in [6.07, 6.45) is -12.7. The molecule has 1 rings (SSSR count). The van der Waals surface area contributed by atoms with Gasteiger partial charge in [0.1, 0.15) is 0 Å². The zero-order valence-corrected chi connectivity index (χ0v) is 9.80. The highest BCUT2D eigenvalue weighted by atomic mass is 19.4. The molecular formula is C12H9F7O. The summed E-state index contributed by atoms with van der Waals surface area (Å²) in [5, 5.41) is 0. The molecular weight excluding hydrogens is 293 g/mol. The lowest BCUT2D eigenvalue weighted by atomic mass is 9.82. The Bertz CT molecular complexity index is 435. The van der Waals surface area contributed by atoms with E-state index in [4.69, 9.17) is 0 Å². The van der Waals surface area contributed by atoms with Gasteiger partial charge in [0, 0.05) is 12.3 Å². The molecule has 1 unspecified atom stereocenters. The molecule has 0 aliphatic rings. The summed E-state index contributed by atoms with van der Waals surface area (Å²) in [5.74, 6) is -6.13. The third-order valence-electron chi connectivity index (χ3n) is 2.72. The van der Waals surface area contributed by atoms with Gasteiger partial charge in [-0.1, -0.05) is 30.3 Å². The van der Waals surface area contributed by atoms with Gasteiger partial charge < -0.3 is 0 Å². The molecule has 8 heteroatoms. The maximum Gasteiger partial charge on any atom is 0.401 e. The second-order valence-corrected chi connectivity index (χ2v) is 4.14. The number of carbonyl (C=O) groups excluding carboxylic acids is 1. The minimum absolute atomic E-state index is 0.391. The number of hydrogen-bond acceptors (Lipinski definition) is 1. The van der Waals surface area contributed by atoms with Crippen LogP contribution in [0.15, 0.2) is 30.3 Å². The second kappa shape index (κ2) is 5.80. The van der Waals surface area contributed by atoms with E-state index in [-0.39, 0.29) is 0 Å². The van der Waals surface area contributed by atoms with Crippen LogP contribution in [0.3, 0.4) is 0 Å². The molecule has 0 radical (unpaired) electrons. The zero-order chi connectivity index (χ0) is 15.6. The molecule has 0 saturated carbocycles. The van der Waals surface area contributed by atoms with E-state index in [0.29, 0.717) is 0 Å². The van der Waals surface area contributed by atoms with E-state index in [2.05, 4.69) is 0 Å². The van der Waals surface area contributed by atoms with Crippen molar-refractivity contribution in [3.8, 4) is 0 Å². The molecule has 0 fully saturated rings. The third kappa shape index (κ3) is 4.21. The molecule has 1 aromatic rings. The highest BCUT2D eigenvalue weighted by Gasteiger charge is 2.60. The van der Waals surface area contributed by atoms with Crippen molar-refractivity contribution in [2.24, 2.45) is 5.92 Å². The van der Waals surface area contributed by atoms with E-state index in [0.717, 1.165) is 12.1 Å². The molecule has 0 spiro atoms. The van der Waals surface area contributed by atoms with Crippen LogP contribution in [-0.2, 0) is 4.79 Å². The Kier molecular flexibility index (Phi) is 4.77. The van der Waals surface area contributed by atoms with E-state index >= 15 is 0 Å². The Morgan fingerprint density at radius 1 is 0.950 bits per heavy atom. The molecule has 1 atom stereocenters. The van der Waals surface area contributed by atoms with Crippen LogP contribution < -0.4 is 0 Å². The monoisotopic (exact) mass is 302 g/mol. The number of hydrogen-bond donors (Lipinski definition) is 0. The normalized spacial score (nSPS) is 14.4. The molecule has 0 aliphatic heterocycles. The number of carbonyl (C=O) groups is 1. The molecule has 20 heavy (non-hydrogen) atoms. The first-order chi connectivity index (χ1) is 9.03. The lowest BCUT2D eigenvalue weighted by Gasteiger charge is -2.30. The van der Waals surface area contributed by atoms with Crippen molar-refractivity contribution in [2.75, 3.05) is 0 Å². The van der Waals surface area contributed by atoms with Crippen molar-refractivity contribution < 1.29 is 35.5 Å². The molecule has 0 aromatic heterocycles. The topological polar surface area (TPSA) is 17.1 Å². The molecule has 0 heterocycles. The minimum Gasteiger partial charge on any atom is -0.261 e. The van der Waals surface area contributed by atoms with Crippen molar-refractivity contribution in [2.45, 2.75) is 24.7 Å². The summed E-state index contributed by atoms with van der Waals surface area (Å²) < 4.78 is 88.3. The predicted molar refractivity (Wildman–Crippen MR) is 55.5 cm³/mol. The van der Waals surface area contributed by atoms with E-state index in [1.165, 1.54) is 18.2 Å². The number of rotatable bonds is 4. The fraction of sp³-hybridized carbons (Fsp3) is 0.417. The number of benzene rings is 1. The smallest absolute Gasteiger partial charge is 0.261 e. The molecule has 1 nitrogen and oxygen atoms in total. The predicted octanol–water partition coefficient (Wildman–Crippen LogP) is 4.40. The van der Waals surface area contributed by atoms with Gasteiger partial charge in [0.15, 0.2) is 5.92 Å². The van der Waals surface area contributed by atoms with Gasteiger partial charge >= 0.3 is 18.4 Å². The van der Waals surface area contributed by atoms with Crippen LogP contribution >= 0.6 is 0 Å². The maximum atomic E-state index is 12.6. The quantitative estimate of drug-likeness (QED) is 0.595. The highest BCUT2D eigenvalue weighted by Crippen LogP contribution is 2.48. The van der Waals surface area contributed by atoms with E-state index in [1.54, 1.807) is 0 Å². The molecule has 0 aliphatic carbocycles. The summed E-state index contributed by atoms with van der Waals surface area (Å²) in [6.45, 7) is 0. The molecule has 0 saturated heterocycles. The first-order valence-electron chi connectivity index (χ1n) is 5.40. The van der Waals surface area contributed by atoms with Crippen LogP contribution in [0.4, 0.5) is 30.7 Å². The fourth-order valence-corrected chi connectivity index (χ4v) is 1.94. The standard InChI is InChI=1S/C12H9F7O/c13-9(20)6-8(7-4-2-1-3-5-7)10(11(14,15)16)12(17,18)19/h1-5,8,10H,6H2. The summed E-state index contributed by atoms with van der Waals surface area (Å²) in [5.41, 5.74) is -0.391. The second-order valence-electron chi connectivity index (χ2n) is 4.14. The maximum absolute atomic E-state index is 12.6. The first-order valence-corrected chi connectivity index (χ1v) is 5.40. The van der Waals surface area contributed by atoms with Crippen molar-refractivity contribution >= 4 is 6.04 Å². The first kappa shape index (κ1) is 16.5. The fourth-order valence-electron chi connectivity index (χ4n) is 1.94. The Morgan fingerprint density at radius 3 is 1.75 bits per heavy atom. The molecule has 1 aromatic carbocycles. The molecule has 0 bridgehead atoms. The lowest BCUT2D eigenvalue weighted by Crippen LogP contribution is -2.41. The van der Waals surface area contributed by atoms with Gasteiger partial charge in [-0.25, -0.2) is 0 Å². The molecule has 0 amide bonds. The summed E-state index contributed by atoms with van der Waals surface area (Å²) in [6, 6.07) is 3.59. The van der Waals surface area contributed by atoms with Crippen LogP contribution in [0.1, 0.15) is 17.9 Å². The molecule has 0 N–H and O–H groups in total. The van der Waals surface area contributed by atoms with Gasteiger partial charge in [-0.2, -0.15) is 30.7 Å². The van der Waals surface area contributed by atoms with E-state index < -0.39 is 42.2 Å². The summed E-state index contributed by atoms with van der Waals surface area (Å²) in [7, 11) is 0. The summed E-state index contributed by atoms with van der Waals surface area (Å²) >= 11 is 0. The Morgan fingerprint density at radius 2 is 1.40 bits per heavy atom. The van der Waals surface area contributed by atoms with Gasteiger partial charge in [-0.05, 0) is 5.56 Å². The van der Waals surface area contributed by atoms with Crippen LogP contribution in [-0.4, -0.2) is 18.4 Å². The van der Waals surface area contributed by atoms with Gasteiger partial charge in [0.2, 0.25) is 0 Å². The van der Waals surface area contributed by atoms with E-state index in [9.17, 15) is 35.5 Å². The van der Waals surface area contributed by atoms with Crippen molar-refractivity contribution in [1.29, 1.82) is 0 Å². The van der Waals surface area contributed by atoms with Crippen molar-refractivity contribution in [3.63, 3.8) is 0 Å². The van der Waals surface area contributed by atoms with Crippen molar-refractivity contribution in [1.82, 2.24) is 0 Å². The van der Waals surface area contributed by atoms with Crippen LogP contribution in [0.5, 0.6) is 0 Å². The van der Waals surface area contributed by atoms with Crippen molar-refractivity contribution in [3.05, 3.63) is 35.9 Å². The van der Waals surface area contributed by atoms with Gasteiger partial charge in [-0.15, -0.1) is 0 Å². The SMILES string of the molecule is O=C(F)CC(c1ccccc1)C(C(F)(F)F)C(F)(F)F. The van der Waals surface area contributed by atoms with Gasteiger partial charge in [0.25, 0.3) is 0 Å². The largest absolute Gasteiger partial charge is 0.401 e. The average Bonchev–Trinajstić information content (AvgIpc) is 2.25. The highest BCUT2D eigenvalue weighted by molar-refractivity contribution is 5.69. The Labute approximate surface area is 109 Å². The lowest BCUT2D eigenvalue weighted by molar-refractivity contribution is -0.290. The summed E-state index contributed by atoms with van der Waals surface area (Å²) in [4.78, 5) is 10.4. The van der Waals surface area contributed by atoms with Crippen LogP contribution in [0.2, 0.25) is 0 Å². The van der Waals surface area contributed by atoms with Crippen LogP contribution in [0, 0.1) is 5.92 Å².